The van der Waals surface area contributed by atoms with Crippen molar-refractivity contribution in [2.45, 2.75) is 45.4 Å². The smallest absolute Gasteiger partial charge is 0.128 e. The van der Waals surface area contributed by atoms with Crippen LogP contribution in [-0.2, 0) is 6.42 Å². The number of hydrogen-bond acceptors (Lipinski definition) is 2. The fraction of sp³-hybridized carbons (Fsp3) is 0.643. The minimum atomic E-state index is 0.219. The number of alkyl halides is 1. The molecule has 1 atom stereocenters. The maximum Gasteiger partial charge on any atom is 0.128 e. The van der Waals surface area contributed by atoms with Gasteiger partial charge in [0.15, 0.2) is 0 Å². The van der Waals surface area contributed by atoms with Gasteiger partial charge in [-0.25, -0.2) is 0 Å². The summed E-state index contributed by atoms with van der Waals surface area (Å²) in [6, 6.07) is 0. The molecular formula is C14H20ClNO. The highest BCUT2D eigenvalue weighted by molar-refractivity contribution is 6.21. The van der Waals surface area contributed by atoms with Gasteiger partial charge in [0.1, 0.15) is 5.75 Å². The molecule has 94 valence electrons. The van der Waals surface area contributed by atoms with Gasteiger partial charge in [0.25, 0.3) is 0 Å². The Bertz CT molecular complexity index is 424. The van der Waals surface area contributed by atoms with Crippen LogP contribution in [0.15, 0.2) is 6.20 Å². The first-order chi connectivity index (χ1) is 8.00. The van der Waals surface area contributed by atoms with Crippen LogP contribution >= 0.6 is 11.6 Å². The third-order valence-corrected chi connectivity index (χ3v) is 4.47. The van der Waals surface area contributed by atoms with Crippen molar-refractivity contribution in [3.8, 4) is 5.75 Å². The molecule has 0 saturated heterocycles. The summed E-state index contributed by atoms with van der Waals surface area (Å²) >= 11 is 6.28. The van der Waals surface area contributed by atoms with Crippen LogP contribution in [0.3, 0.4) is 0 Å². The fourth-order valence-electron chi connectivity index (χ4n) is 2.46. The molecule has 1 unspecified atom stereocenters. The van der Waals surface area contributed by atoms with E-state index in [-0.39, 0.29) is 10.8 Å². The van der Waals surface area contributed by atoms with Crippen LogP contribution in [-0.4, -0.2) is 17.5 Å². The second-order valence-corrected chi connectivity index (χ2v) is 5.86. The van der Waals surface area contributed by atoms with Gasteiger partial charge in [0.05, 0.1) is 7.11 Å². The zero-order valence-corrected chi connectivity index (χ0v) is 11.8. The third-order valence-electron chi connectivity index (χ3n) is 4.01. The molecule has 1 aliphatic carbocycles. The number of nitrogens with zero attached hydrogens (tertiary/aromatic N) is 1. The van der Waals surface area contributed by atoms with E-state index in [0.29, 0.717) is 0 Å². The molecule has 0 bridgehead atoms. The van der Waals surface area contributed by atoms with Crippen molar-refractivity contribution in [3.63, 3.8) is 0 Å². The average Bonchev–Trinajstić information content (AvgIpc) is 3.04. The van der Waals surface area contributed by atoms with E-state index < -0.39 is 0 Å². The van der Waals surface area contributed by atoms with Crippen LogP contribution in [0, 0.1) is 19.3 Å². The molecule has 0 radical (unpaired) electrons. The highest BCUT2D eigenvalue weighted by Crippen LogP contribution is 2.53. The molecular weight excluding hydrogens is 234 g/mol. The summed E-state index contributed by atoms with van der Waals surface area (Å²) in [5, 5.41) is 0.219. The zero-order valence-electron chi connectivity index (χ0n) is 11.0. The summed E-state index contributed by atoms with van der Waals surface area (Å²) in [7, 11) is 1.72. The summed E-state index contributed by atoms with van der Waals surface area (Å²) in [6.45, 7) is 6.21. The van der Waals surface area contributed by atoms with E-state index in [1.165, 1.54) is 12.8 Å². The van der Waals surface area contributed by atoms with Gasteiger partial charge in [-0.15, -0.1) is 11.6 Å². The van der Waals surface area contributed by atoms with Crippen molar-refractivity contribution in [1.29, 1.82) is 0 Å². The van der Waals surface area contributed by atoms with E-state index in [9.17, 15) is 0 Å². The van der Waals surface area contributed by atoms with Crippen molar-refractivity contribution < 1.29 is 4.74 Å². The summed E-state index contributed by atoms with van der Waals surface area (Å²) in [5.74, 6) is 0.966. The van der Waals surface area contributed by atoms with Crippen LogP contribution in [0.2, 0.25) is 0 Å². The fourth-order valence-corrected chi connectivity index (χ4v) is 2.75. The lowest BCUT2D eigenvalue weighted by molar-refractivity contribution is 0.404. The van der Waals surface area contributed by atoms with E-state index >= 15 is 0 Å². The predicted octanol–water partition coefficient (Wildman–Crippen LogP) is 3.66. The Morgan fingerprint density at radius 3 is 2.59 bits per heavy atom. The van der Waals surface area contributed by atoms with Gasteiger partial charge in [0.2, 0.25) is 0 Å². The van der Waals surface area contributed by atoms with Crippen molar-refractivity contribution in [2.24, 2.45) is 5.41 Å². The standard InChI is InChI=1S/C14H20ClNO/c1-9-8-16-12(10(2)13(9)17-4)7-14(5-6-14)11(3)15/h8,11H,5-7H2,1-4H3. The van der Waals surface area contributed by atoms with Crippen molar-refractivity contribution in [1.82, 2.24) is 4.98 Å². The van der Waals surface area contributed by atoms with Gasteiger partial charge in [-0.1, -0.05) is 0 Å². The molecule has 1 heterocycles. The van der Waals surface area contributed by atoms with Gasteiger partial charge >= 0.3 is 0 Å². The first-order valence-corrected chi connectivity index (χ1v) is 6.57. The summed E-state index contributed by atoms with van der Waals surface area (Å²) in [6.07, 6.45) is 5.31. The number of rotatable bonds is 4. The molecule has 1 saturated carbocycles. The number of hydrogen-bond donors (Lipinski definition) is 0. The number of aromatic nitrogens is 1. The maximum absolute atomic E-state index is 6.28. The van der Waals surface area contributed by atoms with Crippen molar-refractivity contribution >= 4 is 11.6 Å². The molecule has 3 heteroatoms. The third kappa shape index (κ3) is 2.28. The highest BCUT2D eigenvalue weighted by atomic mass is 35.5. The van der Waals surface area contributed by atoms with Crippen LogP contribution in [0.1, 0.15) is 36.6 Å². The molecule has 0 N–H and O–H groups in total. The Kier molecular flexibility index (Phi) is 3.35. The van der Waals surface area contributed by atoms with E-state index in [2.05, 4.69) is 18.8 Å². The molecule has 17 heavy (non-hydrogen) atoms. The van der Waals surface area contributed by atoms with E-state index in [0.717, 1.165) is 29.0 Å². The molecule has 1 fully saturated rings. The van der Waals surface area contributed by atoms with Gasteiger partial charge in [-0.2, -0.15) is 0 Å². The molecule has 1 aliphatic rings. The monoisotopic (exact) mass is 253 g/mol. The SMILES string of the molecule is COc1c(C)cnc(CC2(C(C)Cl)CC2)c1C. The molecule has 0 aromatic carbocycles. The Morgan fingerprint density at radius 2 is 2.12 bits per heavy atom. The van der Waals surface area contributed by atoms with Gasteiger partial charge in [0, 0.05) is 28.4 Å². The van der Waals surface area contributed by atoms with Crippen molar-refractivity contribution in [2.75, 3.05) is 7.11 Å². The minimum Gasteiger partial charge on any atom is -0.496 e. The molecule has 0 aliphatic heterocycles. The normalized spacial score (nSPS) is 18.9. The number of methoxy groups -OCH3 is 1. The van der Waals surface area contributed by atoms with Gasteiger partial charge < -0.3 is 4.74 Å². The molecule has 2 rings (SSSR count). The first kappa shape index (κ1) is 12.7. The molecule has 0 spiro atoms. The lowest BCUT2D eigenvalue weighted by Crippen LogP contribution is -2.17. The number of pyridine rings is 1. The second-order valence-electron chi connectivity index (χ2n) is 5.20. The quantitative estimate of drug-likeness (QED) is 0.764. The highest BCUT2D eigenvalue weighted by Gasteiger charge is 2.47. The van der Waals surface area contributed by atoms with Crippen LogP contribution in [0.4, 0.5) is 0 Å². The molecule has 0 amide bonds. The largest absolute Gasteiger partial charge is 0.496 e. The summed E-state index contributed by atoms with van der Waals surface area (Å²) < 4.78 is 5.44. The molecule has 1 aromatic heterocycles. The predicted molar refractivity (Wildman–Crippen MR) is 70.9 cm³/mol. The lowest BCUT2D eigenvalue weighted by atomic mass is 9.94. The van der Waals surface area contributed by atoms with Gasteiger partial charge in [-0.3, -0.25) is 4.98 Å². The van der Waals surface area contributed by atoms with Gasteiger partial charge in [-0.05, 0) is 45.4 Å². The Balaban J connectivity index is 2.28. The second kappa shape index (κ2) is 4.49. The zero-order chi connectivity index (χ0) is 12.6. The van der Waals surface area contributed by atoms with Crippen LogP contribution in [0.5, 0.6) is 5.75 Å². The topological polar surface area (TPSA) is 22.1 Å². The van der Waals surface area contributed by atoms with E-state index in [4.69, 9.17) is 16.3 Å². The van der Waals surface area contributed by atoms with Crippen LogP contribution < -0.4 is 4.74 Å². The van der Waals surface area contributed by atoms with Crippen molar-refractivity contribution in [3.05, 3.63) is 23.0 Å². The summed E-state index contributed by atoms with van der Waals surface area (Å²) in [4.78, 5) is 4.56. The average molecular weight is 254 g/mol. The van der Waals surface area contributed by atoms with E-state index in [1.807, 2.05) is 13.1 Å². The minimum absolute atomic E-state index is 0.219. The lowest BCUT2D eigenvalue weighted by Gasteiger charge is -2.19. The van der Waals surface area contributed by atoms with E-state index in [1.54, 1.807) is 7.11 Å². The number of halogens is 1. The summed E-state index contributed by atoms with van der Waals surface area (Å²) in [5.41, 5.74) is 3.67. The molecule has 1 aromatic rings. The maximum atomic E-state index is 6.28. The first-order valence-electron chi connectivity index (χ1n) is 6.13. The Hall–Kier alpha value is -0.760. The Labute approximate surface area is 108 Å². The Morgan fingerprint density at radius 1 is 1.47 bits per heavy atom. The van der Waals surface area contributed by atoms with Crippen LogP contribution in [0.25, 0.3) is 0 Å². The number of ether oxygens (including phenoxy) is 1. The molecule has 2 nitrogen and oxygen atoms in total. The number of aryl methyl sites for hydroxylation is 1.